The van der Waals surface area contributed by atoms with Crippen LogP contribution in [-0.4, -0.2) is 35.8 Å². The van der Waals surface area contributed by atoms with Crippen LogP contribution < -0.4 is 16.4 Å². The summed E-state index contributed by atoms with van der Waals surface area (Å²) in [5.41, 5.74) is 6.10. The van der Waals surface area contributed by atoms with Gasteiger partial charge in [-0.1, -0.05) is 44.2 Å². The van der Waals surface area contributed by atoms with Gasteiger partial charge in [-0.05, 0) is 24.8 Å². The molecule has 3 amide bonds. The number of benzene rings is 1. The van der Waals surface area contributed by atoms with Crippen LogP contribution in [0.2, 0.25) is 0 Å². The highest BCUT2D eigenvalue weighted by molar-refractivity contribution is 5.91. The Bertz CT molecular complexity index is 661. The molecular weight excluding hydrogens is 350 g/mol. The zero-order valence-corrected chi connectivity index (χ0v) is 15.9. The molecule has 0 aliphatic rings. The molecule has 0 aromatic heterocycles. The smallest absolute Gasteiger partial charge is 0.408 e. The molecule has 1 aromatic carbocycles. The number of hydrogen-bond acceptors (Lipinski definition) is 5. The van der Waals surface area contributed by atoms with Gasteiger partial charge in [0.2, 0.25) is 11.8 Å². The molecule has 4 N–H and O–H groups in total. The normalized spacial score (nSPS) is 12.7. The molecule has 0 heterocycles. The van der Waals surface area contributed by atoms with Gasteiger partial charge < -0.3 is 25.9 Å². The Balaban J connectivity index is 2.64. The van der Waals surface area contributed by atoms with Crippen molar-refractivity contribution in [2.75, 3.05) is 0 Å². The second-order valence-corrected chi connectivity index (χ2v) is 6.63. The van der Waals surface area contributed by atoms with Crippen LogP contribution in [-0.2, 0) is 25.7 Å². The summed E-state index contributed by atoms with van der Waals surface area (Å²) in [5.74, 6) is -1.66. The van der Waals surface area contributed by atoms with Crippen molar-refractivity contribution in [2.45, 2.75) is 52.3 Å². The lowest BCUT2D eigenvalue weighted by Crippen LogP contribution is -2.54. The number of alkyl carbamates (subject to hydrolysis) is 1. The number of primary amides is 1. The van der Waals surface area contributed by atoms with E-state index in [0.717, 1.165) is 5.56 Å². The standard InChI is InChI=1S/C19H27N3O5/c1-12(2)16(18(25)21-15(17(20)24)10-9-13(3)23)22-19(26)27-11-14-7-5-4-6-8-14/h4-8,12,15-16H,9-11H2,1-3H3,(H2,20,24)(H,21,25)(H,22,26)/t15-,16-/m0/s1. The van der Waals surface area contributed by atoms with Gasteiger partial charge in [0.15, 0.2) is 0 Å². The van der Waals surface area contributed by atoms with Gasteiger partial charge in [0.05, 0.1) is 0 Å². The molecule has 0 aliphatic heterocycles. The number of carbonyl (C=O) groups is 4. The van der Waals surface area contributed by atoms with Crippen molar-refractivity contribution in [3.8, 4) is 0 Å². The van der Waals surface area contributed by atoms with Gasteiger partial charge in [-0.2, -0.15) is 0 Å². The van der Waals surface area contributed by atoms with Crippen LogP contribution in [0.15, 0.2) is 30.3 Å². The Kier molecular flexibility index (Phi) is 8.98. The Labute approximate surface area is 158 Å². The predicted molar refractivity (Wildman–Crippen MR) is 99.4 cm³/mol. The molecule has 0 fully saturated rings. The third kappa shape index (κ3) is 8.35. The first-order chi connectivity index (χ1) is 12.7. The zero-order valence-electron chi connectivity index (χ0n) is 15.9. The molecule has 8 heteroatoms. The molecule has 0 spiro atoms. The highest BCUT2D eigenvalue weighted by Crippen LogP contribution is 2.06. The summed E-state index contributed by atoms with van der Waals surface area (Å²) < 4.78 is 5.12. The number of amides is 3. The summed E-state index contributed by atoms with van der Waals surface area (Å²) in [6, 6.07) is 7.23. The van der Waals surface area contributed by atoms with E-state index in [9.17, 15) is 19.2 Å². The topological polar surface area (TPSA) is 128 Å². The fourth-order valence-corrected chi connectivity index (χ4v) is 2.32. The summed E-state index contributed by atoms with van der Waals surface area (Å²) in [6.45, 7) is 4.95. The summed E-state index contributed by atoms with van der Waals surface area (Å²) in [6.07, 6.45) is -0.515. The number of ketones is 1. The predicted octanol–water partition coefficient (Wildman–Crippen LogP) is 1.28. The molecule has 0 radical (unpaired) electrons. The summed E-state index contributed by atoms with van der Waals surface area (Å²) in [5, 5.41) is 5.00. The van der Waals surface area contributed by atoms with Gasteiger partial charge >= 0.3 is 6.09 Å². The Morgan fingerprint density at radius 1 is 1.07 bits per heavy atom. The van der Waals surface area contributed by atoms with Crippen molar-refractivity contribution >= 4 is 23.7 Å². The number of nitrogens with one attached hydrogen (secondary N) is 2. The van der Waals surface area contributed by atoms with E-state index in [-0.39, 0.29) is 31.1 Å². The minimum atomic E-state index is -0.982. The Morgan fingerprint density at radius 2 is 1.70 bits per heavy atom. The number of rotatable bonds is 10. The average Bonchev–Trinajstić information content (AvgIpc) is 2.61. The van der Waals surface area contributed by atoms with Crippen LogP contribution in [0.3, 0.4) is 0 Å². The van der Waals surface area contributed by atoms with Crippen molar-refractivity contribution in [3.05, 3.63) is 35.9 Å². The maximum absolute atomic E-state index is 12.5. The van der Waals surface area contributed by atoms with Gasteiger partial charge in [-0.15, -0.1) is 0 Å². The van der Waals surface area contributed by atoms with Crippen LogP contribution in [0.25, 0.3) is 0 Å². The van der Waals surface area contributed by atoms with Crippen LogP contribution in [0, 0.1) is 5.92 Å². The first-order valence-electron chi connectivity index (χ1n) is 8.77. The SMILES string of the molecule is CC(=O)CC[C@H](NC(=O)[C@@H](NC(=O)OCc1ccccc1)C(C)C)C(N)=O. The molecule has 0 saturated carbocycles. The van der Waals surface area contributed by atoms with Gasteiger partial charge in [-0.25, -0.2) is 4.79 Å². The second-order valence-electron chi connectivity index (χ2n) is 6.63. The molecule has 0 unspecified atom stereocenters. The molecule has 8 nitrogen and oxygen atoms in total. The first kappa shape index (κ1) is 22.1. The van der Waals surface area contributed by atoms with Crippen molar-refractivity contribution in [3.63, 3.8) is 0 Å². The summed E-state index contributed by atoms with van der Waals surface area (Å²) in [4.78, 5) is 47.1. The third-order valence-corrected chi connectivity index (χ3v) is 3.88. The third-order valence-electron chi connectivity index (χ3n) is 3.88. The summed E-state index contributed by atoms with van der Waals surface area (Å²) in [7, 11) is 0. The van der Waals surface area contributed by atoms with Gasteiger partial charge in [0.25, 0.3) is 0 Å². The van der Waals surface area contributed by atoms with Crippen molar-refractivity contribution in [1.29, 1.82) is 0 Å². The van der Waals surface area contributed by atoms with E-state index >= 15 is 0 Å². The number of carbonyl (C=O) groups excluding carboxylic acids is 4. The minimum absolute atomic E-state index is 0.0711. The van der Waals surface area contributed by atoms with E-state index in [4.69, 9.17) is 10.5 Å². The number of Topliss-reactive ketones (excluding diaryl/α,β-unsaturated/α-hetero) is 1. The number of nitrogens with two attached hydrogens (primary N) is 1. The maximum Gasteiger partial charge on any atom is 0.408 e. The number of ether oxygens (including phenoxy) is 1. The van der Waals surface area contributed by atoms with E-state index < -0.39 is 30.0 Å². The minimum Gasteiger partial charge on any atom is -0.445 e. The molecule has 0 bridgehead atoms. The Hall–Kier alpha value is -2.90. The van der Waals surface area contributed by atoms with E-state index in [1.807, 2.05) is 30.3 Å². The van der Waals surface area contributed by atoms with E-state index in [1.54, 1.807) is 13.8 Å². The van der Waals surface area contributed by atoms with Crippen LogP contribution in [0.4, 0.5) is 4.79 Å². The lowest BCUT2D eigenvalue weighted by molar-refractivity contribution is -0.129. The highest BCUT2D eigenvalue weighted by atomic mass is 16.5. The van der Waals surface area contributed by atoms with Crippen LogP contribution >= 0.6 is 0 Å². The van der Waals surface area contributed by atoms with Gasteiger partial charge in [0.1, 0.15) is 24.5 Å². The maximum atomic E-state index is 12.5. The summed E-state index contributed by atoms with van der Waals surface area (Å²) >= 11 is 0. The Morgan fingerprint density at radius 3 is 2.22 bits per heavy atom. The monoisotopic (exact) mass is 377 g/mol. The molecule has 1 rings (SSSR count). The molecular formula is C19H27N3O5. The fourth-order valence-electron chi connectivity index (χ4n) is 2.32. The zero-order chi connectivity index (χ0) is 20.4. The first-order valence-corrected chi connectivity index (χ1v) is 8.77. The van der Waals surface area contributed by atoms with Gasteiger partial charge in [-0.3, -0.25) is 9.59 Å². The van der Waals surface area contributed by atoms with Crippen molar-refractivity contribution < 1.29 is 23.9 Å². The van der Waals surface area contributed by atoms with E-state index in [2.05, 4.69) is 10.6 Å². The van der Waals surface area contributed by atoms with Crippen molar-refractivity contribution in [1.82, 2.24) is 10.6 Å². The molecule has 148 valence electrons. The van der Waals surface area contributed by atoms with E-state index in [0.29, 0.717) is 0 Å². The largest absolute Gasteiger partial charge is 0.445 e. The van der Waals surface area contributed by atoms with E-state index in [1.165, 1.54) is 6.92 Å². The number of hydrogen-bond donors (Lipinski definition) is 3. The molecule has 1 aromatic rings. The molecule has 2 atom stereocenters. The van der Waals surface area contributed by atoms with Gasteiger partial charge in [0, 0.05) is 6.42 Å². The quantitative estimate of drug-likeness (QED) is 0.566. The second kappa shape index (κ2) is 10.9. The molecule has 0 aliphatic carbocycles. The fraction of sp³-hybridized carbons (Fsp3) is 0.474. The molecule has 0 saturated heterocycles. The average molecular weight is 377 g/mol. The lowest BCUT2D eigenvalue weighted by atomic mass is 10.0. The van der Waals surface area contributed by atoms with Crippen LogP contribution in [0.1, 0.15) is 39.2 Å². The van der Waals surface area contributed by atoms with Crippen molar-refractivity contribution in [2.24, 2.45) is 11.7 Å². The highest BCUT2D eigenvalue weighted by Gasteiger charge is 2.28. The molecule has 27 heavy (non-hydrogen) atoms. The lowest BCUT2D eigenvalue weighted by Gasteiger charge is -2.24. The van der Waals surface area contributed by atoms with Crippen LogP contribution in [0.5, 0.6) is 0 Å².